The second-order valence-corrected chi connectivity index (χ2v) is 3.66. The van der Waals surface area contributed by atoms with Crippen molar-refractivity contribution < 1.29 is 14.6 Å². The minimum atomic E-state index is -0.263. The molecular weight excluding hydrogens is 204 g/mol. The van der Waals surface area contributed by atoms with Crippen LogP contribution in [0.25, 0.3) is 0 Å². The SMILES string of the molecule is C=CCC(=O)OC(C)Cc1ccc(O)cc1. The highest BCUT2D eigenvalue weighted by molar-refractivity contribution is 5.71. The van der Waals surface area contributed by atoms with E-state index in [9.17, 15) is 4.79 Å². The van der Waals surface area contributed by atoms with Gasteiger partial charge in [0.25, 0.3) is 0 Å². The van der Waals surface area contributed by atoms with Crippen LogP contribution in [0.3, 0.4) is 0 Å². The monoisotopic (exact) mass is 220 g/mol. The molecule has 0 saturated carbocycles. The summed E-state index contributed by atoms with van der Waals surface area (Å²) in [6.45, 7) is 5.31. The first-order valence-corrected chi connectivity index (χ1v) is 5.20. The van der Waals surface area contributed by atoms with Crippen LogP contribution in [-0.4, -0.2) is 17.2 Å². The molecule has 1 N–H and O–H groups in total. The summed E-state index contributed by atoms with van der Waals surface area (Å²) in [5.41, 5.74) is 1.02. The molecule has 86 valence electrons. The highest BCUT2D eigenvalue weighted by Crippen LogP contribution is 2.12. The maximum absolute atomic E-state index is 11.2. The van der Waals surface area contributed by atoms with Crippen LogP contribution in [0.4, 0.5) is 0 Å². The van der Waals surface area contributed by atoms with E-state index in [2.05, 4.69) is 6.58 Å². The maximum atomic E-state index is 11.2. The largest absolute Gasteiger partial charge is 0.508 e. The van der Waals surface area contributed by atoms with Gasteiger partial charge in [-0.3, -0.25) is 4.79 Å². The van der Waals surface area contributed by atoms with Gasteiger partial charge in [0.1, 0.15) is 11.9 Å². The maximum Gasteiger partial charge on any atom is 0.309 e. The smallest absolute Gasteiger partial charge is 0.309 e. The molecule has 0 heterocycles. The van der Waals surface area contributed by atoms with Gasteiger partial charge in [0.15, 0.2) is 0 Å². The van der Waals surface area contributed by atoms with Crippen molar-refractivity contribution in [3.8, 4) is 5.75 Å². The van der Waals surface area contributed by atoms with Crippen LogP contribution in [0.5, 0.6) is 5.75 Å². The first-order chi connectivity index (χ1) is 7.61. The molecule has 0 fully saturated rings. The number of phenols is 1. The number of benzene rings is 1. The Morgan fingerprint density at radius 1 is 1.50 bits per heavy atom. The Morgan fingerprint density at radius 3 is 2.69 bits per heavy atom. The Balaban J connectivity index is 2.44. The lowest BCUT2D eigenvalue weighted by atomic mass is 10.1. The van der Waals surface area contributed by atoms with Crippen molar-refractivity contribution in [1.82, 2.24) is 0 Å². The van der Waals surface area contributed by atoms with Gasteiger partial charge in [-0.2, -0.15) is 0 Å². The minimum absolute atomic E-state index is 0.169. The first-order valence-electron chi connectivity index (χ1n) is 5.20. The standard InChI is InChI=1S/C13H16O3/c1-3-4-13(15)16-10(2)9-11-5-7-12(14)8-6-11/h3,5-8,10,14H,1,4,9H2,2H3. The fourth-order valence-electron chi connectivity index (χ4n) is 1.40. The lowest BCUT2D eigenvalue weighted by Gasteiger charge is -2.12. The normalized spacial score (nSPS) is 11.8. The van der Waals surface area contributed by atoms with Crippen molar-refractivity contribution in [2.24, 2.45) is 0 Å². The molecule has 0 amide bonds. The topological polar surface area (TPSA) is 46.5 Å². The van der Waals surface area contributed by atoms with E-state index < -0.39 is 0 Å². The molecular formula is C13H16O3. The zero-order chi connectivity index (χ0) is 12.0. The fourth-order valence-corrected chi connectivity index (χ4v) is 1.40. The summed E-state index contributed by atoms with van der Waals surface area (Å²) in [4.78, 5) is 11.2. The van der Waals surface area contributed by atoms with Crippen LogP contribution < -0.4 is 0 Å². The van der Waals surface area contributed by atoms with Crippen molar-refractivity contribution in [3.63, 3.8) is 0 Å². The lowest BCUT2D eigenvalue weighted by Crippen LogP contribution is -2.16. The second-order valence-electron chi connectivity index (χ2n) is 3.66. The molecule has 1 atom stereocenters. The van der Waals surface area contributed by atoms with Crippen LogP contribution in [-0.2, 0) is 16.0 Å². The predicted octanol–water partition coefficient (Wildman–Crippen LogP) is 2.44. The molecule has 0 saturated heterocycles. The number of esters is 1. The molecule has 16 heavy (non-hydrogen) atoms. The Kier molecular flexibility index (Phi) is 4.58. The zero-order valence-electron chi connectivity index (χ0n) is 9.35. The van der Waals surface area contributed by atoms with Gasteiger partial charge in [0, 0.05) is 6.42 Å². The van der Waals surface area contributed by atoms with Crippen LogP contribution in [0.2, 0.25) is 0 Å². The molecule has 0 radical (unpaired) electrons. The predicted molar refractivity (Wildman–Crippen MR) is 62.2 cm³/mol. The second kappa shape index (κ2) is 5.95. The summed E-state index contributed by atoms with van der Waals surface area (Å²) >= 11 is 0. The molecule has 0 aliphatic heterocycles. The number of hydrogen-bond acceptors (Lipinski definition) is 3. The van der Waals surface area contributed by atoms with Gasteiger partial charge in [-0.25, -0.2) is 0 Å². The number of hydrogen-bond donors (Lipinski definition) is 1. The first kappa shape index (κ1) is 12.3. The number of rotatable bonds is 5. The van der Waals surface area contributed by atoms with E-state index in [4.69, 9.17) is 9.84 Å². The van der Waals surface area contributed by atoms with Crippen LogP contribution in [0.1, 0.15) is 18.9 Å². The Morgan fingerprint density at radius 2 is 2.12 bits per heavy atom. The van der Waals surface area contributed by atoms with E-state index >= 15 is 0 Å². The zero-order valence-corrected chi connectivity index (χ0v) is 9.35. The third-order valence-electron chi connectivity index (χ3n) is 2.10. The molecule has 1 unspecified atom stereocenters. The van der Waals surface area contributed by atoms with Gasteiger partial charge in [-0.1, -0.05) is 18.2 Å². The van der Waals surface area contributed by atoms with E-state index in [1.807, 2.05) is 19.1 Å². The van der Waals surface area contributed by atoms with Gasteiger partial charge in [0.2, 0.25) is 0 Å². The molecule has 1 rings (SSSR count). The van der Waals surface area contributed by atoms with E-state index in [0.29, 0.717) is 6.42 Å². The van der Waals surface area contributed by atoms with Crippen molar-refractivity contribution in [2.45, 2.75) is 25.9 Å². The molecule has 0 aliphatic carbocycles. The average Bonchev–Trinajstić information content (AvgIpc) is 2.21. The molecule has 0 aromatic heterocycles. The Labute approximate surface area is 95.4 Å². The molecule has 0 bridgehead atoms. The minimum Gasteiger partial charge on any atom is -0.508 e. The average molecular weight is 220 g/mol. The number of ether oxygens (including phenoxy) is 1. The molecule has 1 aromatic rings. The van der Waals surface area contributed by atoms with Crippen LogP contribution in [0, 0.1) is 0 Å². The molecule has 0 spiro atoms. The van der Waals surface area contributed by atoms with Gasteiger partial charge in [-0.15, -0.1) is 6.58 Å². The van der Waals surface area contributed by atoms with E-state index in [0.717, 1.165) is 5.56 Å². The molecule has 1 aromatic carbocycles. The summed E-state index contributed by atoms with van der Waals surface area (Å²) in [6, 6.07) is 6.86. The Hall–Kier alpha value is -1.77. The molecule has 3 heteroatoms. The third-order valence-corrected chi connectivity index (χ3v) is 2.10. The quantitative estimate of drug-likeness (QED) is 0.612. The molecule has 3 nitrogen and oxygen atoms in total. The number of phenolic OH excluding ortho intramolecular Hbond substituents is 1. The van der Waals surface area contributed by atoms with Crippen molar-refractivity contribution in [1.29, 1.82) is 0 Å². The summed E-state index contributed by atoms with van der Waals surface area (Å²) in [5, 5.41) is 9.11. The van der Waals surface area contributed by atoms with E-state index in [1.54, 1.807) is 12.1 Å². The Bertz CT molecular complexity index is 354. The van der Waals surface area contributed by atoms with Gasteiger partial charge in [-0.05, 0) is 24.6 Å². The van der Waals surface area contributed by atoms with Gasteiger partial charge in [0.05, 0.1) is 6.42 Å². The fraction of sp³-hybridized carbons (Fsp3) is 0.308. The summed E-state index contributed by atoms with van der Waals surface area (Å²) < 4.78 is 5.15. The van der Waals surface area contributed by atoms with E-state index in [1.165, 1.54) is 6.08 Å². The van der Waals surface area contributed by atoms with Crippen molar-refractivity contribution in [3.05, 3.63) is 42.5 Å². The summed E-state index contributed by atoms with van der Waals surface area (Å²) in [7, 11) is 0. The van der Waals surface area contributed by atoms with E-state index in [-0.39, 0.29) is 24.2 Å². The van der Waals surface area contributed by atoms with Crippen molar-refractivity contribution >= 4 is 5.97 Å². The number of carbonyl (C=O) groups is 1. The molecule has 0 aliphatic rings. The van der Waals surface area contributed by atoms with Gasteiger partial charge >= 0.3 is 5.97 Å². The van der Waals surface area contributed by atoms with Crippen molar-refractivity contribution in [2.75, 3.05) is 0 Å². The summed E-state index contributed by atoms with van der Waals surface area (Å²) in [5.74, 6) is -0.0265. The van der Waals surface area contributed by atoms with Crippen LogP contribution >= 0.6 is 0 Å². The third kappa shape index (κ3) is 4.17. The lowest BCUT2D eigenvalue weighted by molar-refractivity contribution is -0.147. The number of aromatic hydroxyl groups is 1. The summed E-state index contributed by atoms with van der Waals surface area (Å²) in [6.07, 6.45) is 2.23. The van der Waals surface area contributed by atoms with Gasteiger partial charge < -0.3 is 9.84 Å². The highest BCUT2D eigenvalue weighted by Gasteiger charge is 2.08. The van der Waals surface area contributed by atoms with Crippen LogP contribution in [0.15, 0.2) is 36.9 Å². The highest BCUT2D eigenvalue weighted by atomic mass is 16.5. The number of carbonyl (C=O) groups excluding carboxylic acids is 1.